The topological polar surface area (TPSA) is 86.9 Å². The van der Waals surface area contributed by atoms with Crippen LogP contribution in [-0.2, 0) is 23.6 Å². The molecule has 0 saturated carbocycles. The Morgan fingerprint density at radius 3 is 2.15 bits per heavy atom. The third kappa shape index (κ3) is 7.19. The minimum Gasteiger partial charge on any atom is -0.368 e. The van der Waals surface area contributed by atoms with Crippen molar-refractivity contribution in [2.75, 3.05) is 18.4 Å². The highest BCUT2D eigenvalue weighted by Gasteiger charge is 2.37. The Morgan fingerprint density at radius 1 is 0.800 bits per heavy atom. The molecule has 0 saturated heterocycles. The number of carbonyl (C=O) groups excluding carboxylic acids is 1. The predicted octanol–water partition coefficient (Wildman–Crippen LogP) is 6.18. The lowest BCUT2D eigenvalue weighted by atomic mass is 9.97. The van der Waals surface area contributed by atoms with E-state index < -0.39 is 23.5 Å². The van der Waals surface area contributed by atoms with Crippen LogP contribution in [0.25, 0.3) is 21.9 Å². The van der Waals surface area contributed by atoms with E-state index >= 15 is 0 Å². The number of halogens is 6. The van der Waals surface area contributed by atoms with E-state index in [0.29, 0.717) is 53.8 Å². The molecule has 6 nitrogen and oxygen atoms in total. The van der Waals surface area contributed by atoms with E-state index in [1.165, 1.54) is 18.2 Å². The zero-order valence-electron chi connectivity index (χ0n) is 20.9. The van der Waals surface area contributed by atoms with Crippen molar-refractivity contribution in [3.05, 3.63) is 93.8 Å². The van der Waals surface area contributed by atoms with E-state index in [1.54, 1.807) is 30.3 Å². The molecular formula is C28H24F6N4O2. The van der Waals surface area contributed by atoms with Crippen LogP contribution in [0.5, 0.6) is 0 Å². The second kappa shape index (κ2) is 11.8. The number of nitrogens with zero attached hydrogens (tertiary/aromatic N) is 1. The molecule has 40 heavy (non-hydrogen) atoms. The van der Waals surface area contributed by atoms with E-state index in [9.17, 15) is 35.9 Å². The zero-order valence-corrected chi connectivity index (χ0v) is 20.9. The lowest BCUT2D eigenvalue weighted by molar-refractivity contribution is -0.143. The summed E-state index contributed by atoms with van der Waals surface area (Å²) in [6.07, 6.45) is -8.99. The number of benzene rings is 3. The summed E-state index contributed by atoms with van der Waals surface area (Å²) < 4.78 is 79.3. The minimum atomic E-state index is -4.94. The number of carbonyl (C=O) groups is 1. The maximum absolute atomic E-state index is 13.2. The largest absolute Gasteiger partial charge is 0.416 e. The maximum atomic E-state index is 13.2. The maximum Gasteiger partial charge on any atom is 0.416 e. The van der Waals surface area contributed by atoms with Gasteiger partial charge in [-0.3, -0.25) is 9.59 Å². The Morgan fingerprint density at radius 2 is 1.48 bits per heavy atom. The number of aromatic amines is 1. The van der Waals surface area contributed by atoms with Crippen molar-refractivity contribution in [3.63, 3.8) is 0 Å². The van der Waals surface area contributed by atoms with Crippen molar-refractivity contribution in [1.82, 2.24) is 15.5 Å². The third-order valence-corrected chi connectivity index (χ3v) is 6.15. The smallest absolute Gasteiger partial charge is 0.368 e. The number of fused-ring (bicyclic) bond motifs is 1. The van der Waals surface area contributed by atoms with Crippen molar-refractivity contribution in [2.45, 2.75) is 31.6 Å². The Hall–Kier alpha value is -4.35. The molecule has 1 heterocycles. The fraction of sp³-hybridized carbons (Fsp3) is 0.250. The third-order valence-electron chi connectivity index (χ3n) is 6.15. The summed E-state index contributed by atoms with van der Waals surface area (Å²) in [5, 5.41) is 13.5. The van der Waals surface area contributed by atoms with Crippen molar-refractivity contribution in [3.8, 4) is 11.1 Å². The van der Waals surface area contributed by atoms with Crippen molar-refractivity contribution in [1.29, 1.82) is 0 Å². The second-order valence-corrected chi connectivity index (χ2v) is 9.07. The first-order valence-electron chi connectivity index (χ1n) is 12.3. The fourth-order valence-electron chi connectivity index (χ4n) is 4.15. The van der Waals surface area contributed by atoms with Gasteiger partial charge in [-0.1, -0.05) is 42.5 Å². The van der Waals surface area contributed by atoms with Gasteiger partial charge in [-0.05, 0) is 53.8 Å². The van der Waals surface area contributed by atoms with Crippen molar-refractivity contribution >= 4 is 22.5 Å². The molecule has 0 spiro atoms. The first-order valence-corrected chi connectivity index (χ1v) is 12.3. The van der Waals surface area contributed by atoms with E-state index in [1.807, 2.05) is 0 Å². The number of nitrogens with one attached hydrogen (secondary N) is 3. The van der Waals surface area contributed by atoms with E-state index in [-0.39, 0.29) is 41.5 Å². The van der Waals surface area contributed by atoms with Gasteiger partial charge < -0.3 is 10.6 Å². The molecule has 0 fully saturated rings. The molecular weight excluding hydrogens is 538 g/mol. The molecule has 0 radical (unpaired) electrons. The molecule has 210 valence electrons. The van der Waals surface area contributed by atoms with Crippen LogP contribution in [0.15, 0.2) is 71.5 Å². The molecule has 3 N–H and O–H groups in total. The molecule has 1 amide bonds. The number of aromatic nitrogens is 2. The van der Waals surface area contributed by atoms with Gasteiger partial charge >= 0.3 is 12.4 Å². The molecule has 12 heteroatoms. The Balaban J connectivity index is 1.31. The number of aryl methyl sites for hydroxylation is 1. The monoisotopic (exact) mass is 562 g/mol. The van der Waals surface area contributed by atoms with Gasteiger partial charge in [-0.15, -0.1) is 0 Å². The molecule has 1 aromatic heterocycles. The lowest BCUT2D eigenvalue weighted by Gasteiger charge is -2.15. The molecule has 4 aromatic rings. The van der Waals surface area contributed by atoms with Crippen LogP contribution in [0, 0.1) is 0 Å². The number of hydrogen-bond acceptors (Lipinski definition) is 4. The standard InChI is InChI=1S/C28H24F6N4O2/c29-27(30,31)20-14-19(15-21(16-20)28(32,33)34)18-6-3-5-17(13-18)9-10-24(39)35-11-4-12-36-25-22-7-1-2-8-23(22)26(40)38-37-25/h1-3,5-8,13-16H,4,9-12H2,(H,35,39)(H,36,37)(H,38,40). The van der Waals surface area contributed by atoms with Crippen LogP contribution < -0.4 is 16.2 Å². The summed E-state index contributed by atoms with van der Waals surface area (Å²) in [6, 6.07) is 14.5. The Bertz CT molecular complexity index is 1530. The highest BCUT2D eigenvalue weighted by Crippen LogP contribution is 2.38. The van der Waals surface area contributed by atoms with E-state index in [2.05, 4.69) is 20.8 Å². The van der Waals surface area contributed by atoms with Gasteiger partial charge in [0.05, 0.1) is 16.5 Å². The highest BCUT2D eigenvalue weighted by molar-refractivity contribution is 5.90. The van der Waals surface area contributed by atoms with Crippen molar-refractivity contribution in [2.24, 2.45) is 0 Å². The number of alkyl halides is 6. The van der Waals surface area contributed by atoms with Crippen LogP contribution in [0.3, 0.4) is 0 Å². The van der Waals surface area contributed by atoms with Crippen LogP contribution in [0.2, 0.25) is 0 Å². The van der Waals surface area contributed by atoms with Gasteiger partial charge in [0.1, 0.15) is 0 Å². The molecule has 0 aliphatic heterocycles. The number of hydrogen-bond donors (Lipinski definition) is 3. The minimum absolute atomic E-state index is 0.0827. The predicted molar refractivity (Wildman–Crippen MR) is 139 cm³/mol. The zero-order chi connectivity index (χ0) is 28.9. The van der Waals surface area contributed by atoms with Crippen LogP contribution >= 0.6 is 0 Å². The number of rotatable bonds is 9. The Labute approximate surface area is 224 Å². The molecule has 4 rings (SSSR count). The average molecular weight is 563 g/mol. The molecule has 0 atom stereocenters. The van der Waals surface area contributed by atoms with Crippen LogP contribution in [0.4, 0.5) is 32.2 Å². The summed E-state index contributed by atoms with van der Waals surface area (Å²) in [4.78, 5) is 24.2. The van der Waals surface area contributed by atoms with Gasteiger partial charge in [-0.2, -0.15) is 31.4 Å². The van der Waals surface area contributed by atoms with Gasteiger partial charge in [0.15, 0.2) is 5.82 Å². The number of H-pyrrole nitrogens is 1. The SMILES string of the molecule is O=C(CCc1cccc(-c2cc(C(F)(F)F)cc(C(F)(F)F)c2)c1)NCCCNc1n[nH]c(=O)c2ccccc12. The van der Waals surface area contributed by atoms with Gasteiger partial charge in [0.2, 0.25) is 5.91 Å². The van der Waals surface area contributed by atoms with Crippen molar-refractivity contribution < 1.29 is 31.1 Å². The Kier molecular flexibility index (Phi) is 8.46. The molecule has 0 aliphatic rings. The average Bonchev–Trinajstić information content (AvgIpc) is 2.92. The molecule has 3 aromatic carbocycles. The van der Waals surface area contributed by atoms with Crippen LogP contribution in [-0.4, -0.2) is 29.2 Å². The lowest BCUT2D eigenvalue weighted by Crippen LogP contribution is -2.26. The van der Waals surface area contributed by atoms with Gasteiger partial charge in [0.25, 0.3) is 5.56 Å². The van der Waals surface area contributed by atoms with E-state index in [0.717, 1.165) is 0 Å². The van der Waals surface area contributed by atoms with E-state index in [4.69, 9.17) is 0 Å². The van der Waals surface area contributed by atoms with Gasteiger partial charge in [-0.25, -0.2) is 5.10 Å². The first-order chi connectivity index (χ1) is 18.9. The molecule has 0 bridgehead atoms. The molecule has 0 unspecified atom stereocenters. The first kappa shape index (κ1) is 28.7. The van der Waals surface area contributed by atoms with Gasteiger partial charge in [0, 0.05) is 24.9 Å². The second-order valence-electron chi connectivity index (χ2n) is 9.07. The molecule has 0 aliphatic carbocycles. The highest BCUT2D eigenvalue weighted by atomic mass is 19.4. The summed E-state index contributed by atoms with van der Waals surface area (Å²) in [6.45, 7) is 0.833. The fourth-order valence-corrected chi connectivity index (χ4v) is 4.15. The summed E-state index contributed by atoms with van der Waals surface area (Å²) in [5.74, 6) is 0.265. The quantitative estimate of drug-likeness (QED) is 0.168. The van der Waals surface area contributed by atoms with Crippen LogP contribution in [0.1, 0.15) is 29.5 Å². The summed E-state index contributed by atoms with van der Waals surface area (Å²) in [5.41, 5.74) is -2.51. The summed E-state index contributed by atoms with van der Waals surface area (Å²) >= 11 is 0. The normalized spacial score (nSPS) is 11.9. The number of anilines is 1. The summed E-state index contributed by atoms with van der Waals surface area (Å²) in [7, 11) is 0. The number of amides is 1.